The summed E-state index contributed by atoms with van der Waals surface area (Å²) in [6.07, 6.45) is 4.10. The van der Waals surface area contributed by atoms with Crippen molar-refractivity contribution in [3.05, 3.63) is 0 Å². The average Bonchev–Trinajstić information content (AvgIpc) is 2.49. The predicted molar refractivity (Wildman–Crippen MR) is 61.4 cm³/mol. The Morgan fingerprint density at radius 3 is 3.00 bits per heavy atom. The average molecular weight is 216 g/mol. The molecule has 0 aromatic rings. The SMILES string of the molecule is CCCC1NCN(C(C)CSC)C1=O. The molecule has 1 aliphatic rings. The molecule has 3 nitrogen and oxygen atoms in total. The number of nitrogens with zero attached hydrogens (tertiary/aromatic N) is 1. The molecule has 1 amide bonds. The monoisotopic (exact) mass is 216 g/mol. The maximum Gasteiger partial charge on any atom is 0.241 e. The van der Waals surface area contributed by atoms with Crippen LogP contribution in [0.25, 0.3) is 0 Å². The molecule has 82 valence electrons. The van der Waals surface area contributed by atoms with Gasteiger partial charge in [-0.3, -0.25) is 10.1 Å². The molecule has 0 aromatic carbocycles. The number of hydrogen-bond acceptors (Lipinski definition) is 3. The third kappa shape index (κ3) is 2.64. The Balaban J connectivity index is 2.46. The number of thioether (sulfide) groups is 1. The molecule has 1 saturated heterocycles. The molecular weight excluding hydrogens is 196 g/mol. The van der Waals surface area contributed by atoms with Crippen LogP contribution in [0.2, 0.25) is 0 Å². The van der Waals surface area contributed by atoms with Crippen LogP contribution in [0.3, 0.4) is 0 Å². The third-order valence-electron chi connectivity index (χ3n) is 2.61. The molecule has 14 heavy (non-hydrogen) atoms. The Bertz CT molecular complexity index is 199. The lowest BCUT2D eigenvalue weighted by Crippen LogP contribution is -2.38. The molecule has 1 N–H and O–H groups in total. The van der Waals surface area contributed by atoms with Gasteiger partial charge >= 0.3 is 0 Å². The van der Waals surface area contributed by atoms with Gasteiger partial charge in [-0.2, -0.15) is 11.8 Å². The Morgan fingerprint density at radius 2 is 2.43 bits per heavy atom. The van der Waals surface area contributed by atoms with Crippen LogP contribution in [0, 0.1) is 0 Å². The van der Waals surface area contributed by atoms with Crippen molar-refractivity contribution in [2.45, 2.75) is 38.8 Å². The van der Waals surface area contributed by atoms with Crippen LogP contribution in [0.4, 0.5) is 0 Å². The van der Waals surface area contributed by atoms with Crippen LogP contribution in [-0.4, -0.2) is 41.6 Å². The summed E-state index contributed by atoms with van der Waals surface area (Å²) in [5.74, 6) is 1.31. The molecule has 4 heteroatoms. The highest BCUT2D eigenvalue weighted by Crippen LogP contribution is 2.14. The van der Waals surface area contributed by atoms with Crippen molar-refractivity contribution in [3.8, 4) is 0 Å². The molecule has 1 heterocycles. The third-order valence-corrected chi connectivity index (χ3v) is 3.42. The fraction of sp³-hybridized carbons (Fsp3) is 0.900. The standard InChI is InChI=1S/C10H20N2OS/c1-4-5-9-10(13)12(7-11-9)8(2)6-14-3/h8-9,11H,4-7H2,1-3H3. The van der Waals surface area contributed by atoms with Gasteiger partial charge < -0.3 is 4.90 Å². The number of hydrogen-bond donors (Lipinski definition) is 1. The largest absolute Gasteiger partial charge is 0.325 e. The van der Waals surface area contributed by atoms with Gasteiger partial charge in [0.1, 0.15) is 0 Å². The summed E-state index contributed by atoms with van der Waals surface area (Å²) in [6.45, 7) is 4.96. The van der Waals surface area contributed by atoms with E-state index in [0.717, 1.165) is 25.3 Å². The summed E-state index contributed by atoms with van der Waals surface area (Å²) >= 11 is 1.79. The Labute approximate surface area is 90.6 Å². The molecule has 1 rings (SSSR count). The van der Waals surface area contributed by atoms with E-state index in [1.54, 1.807) is 11.8 Å². The molecule has 0 spiro atoms. The lowest BCUT2D eigenvalue weighted by molar-refractivity contribution is -0.130. The number of nitrogens with one attached hydrogen (secondary N) is 1. The summed E-state index contributed by atoms with van der Waals surface area (Å²) in [5, 5.41) is 3.26. The molecule has 0 saturated carbocycles. The zero-order valence-electron chi connectivity index (χ0n) is 9.25. The van der Waals surface area contributed by atoms with E-state index in [0.29, 0.717) is 6.04 Å². The van der Waals surface area contributed by atoms with Gasteiger partial charge in [-0.15, -0.1) is 0 Å². The van der Waals surface area contributed by atoms with Gasteiger partial charge in [-0.1, -0.05) is 13.3 Å². The van der Waals surface area contributed by atoms with E-state index < -0.39 is 0 Å². The molecule has 1 aliphatic heterocycles. The van der Waals surface area contributed by atoms with Gasteiger partial charge in [0.2, 0.25) is 5.91 Å². The minimum atomic E-state index is 0.0734. The predicted octanol–water partition coefficient (Wildman–Crippen LogP) is 1.30. The first-order valence-corrected chi connectivity index (χ1v) is 6.62. The van der Waals surface area contributed by atoms with E-state index in [-0.39, 0.29) is 11.9 Å². The van der Waals surface area contributed by atoms with Crippen molar-refractivity contribution in [3.63, 3.8) is 0 Å². The van der Waals surface area contributed by atoms with E-state index >= 15 is 0 Å². The molecular formula is C10H20N2OS. The molecule has 0 bridgehead atoms. The quantitative estimate of drug-likeness (QED) is 0.752. The zero-order chi connectivity index (χ0) is 10.6. The summed E-state index contributed by atoms with van der Waals surface area (Å²) in [7, 11) is 0. The fourth-order valence-corrected chi connectivity index (χ4v) is 2.45. The number of amides is 1. The van der Waals surface area contributed by atoms with Crippen LogP contribution in [0.15, 0.2) is 0 Å². The van der Waals surface area contributed by atoms with Crippen molar-refractivity contribution in [2.75, 3.05) is 18.7 Å². The van der Waals surface area contributed by atoms with Gasteiger partial charge in [0.15, 0.2) is 0 Å². The van der Waals surface area contributed by atoms with Gasteiger partial charge in [0.05, 0.1) is 12.7 Å². The van der Waals surface area contributed by atoms with Crippen LogP contribution < -0.4 is 5.32 Å². The highest BCUT2D eigenvalue weighted by Gasteiger charge is 2.32. The lowest BCUT2D eigenvalue weighted by atomic mass is 10.1. The molecule has 2 unspecified atom stereocenters. The van der Waals surface area contributed by atoms with Gasteiger partial charge in [0.25, 0.3) is 0 Å². The molecule has 2 atom stereocenters. The van der Waals surface area contributed by atoms with Crippen molar-refractivity contribution in [2.24, 2.45) is 0 Å². The van der Waals surface area contributed by atoms with Crippen LogP contribution in [-0.2, 0) is 4.79 Å². The van der Waals surface area contributed by atoms with E-state index in [9.17, 15) is 4.79 Å². The normalized spacial score (nSPS) is 24.4. The first-order chi connectivity index (χ1) is 6.70. The van der Waals surface area contributed by atoms with Crippen LogP contribution in [0.5, 0.6) is 0 Å². The molecule has 0 aliphatic carbocycles. The summed E-state index contributed by atoms with van der Waals surface area (Å²) in [5.41, 5.74) is 0. The molecule has 1 fully saturated rings. The lowest BCUT2D eigenvalue weighted by Gasteiger charge is -2.22. The van der Waals surface area contributed by atoms with Crippen molar-refractivity contribution in [1.29, 1.82) is 0 Å². The van der Waals surface area contributed by atoms with E-state index in [4.69, 9.17) is 0 Å². The second-order valence-corrected chi connectivity index (χ2v) is 4.73. The van der Waals surface area contributed by atoms with Crippen LogP contribution in [0.1, 0.15) is 26.7 Å². The van der Waals surface area contributed by atoms with Crippen molar-refractivity contribution < 1.29 is 4.79 Å². The Morgan fingerprint density at radius 1 is 1.71 bits per heavy atom. The molecule has 0 aromatic heterocycles. The number of rotatable bonds is 5. The van der Waals surface area contributed by atoms with Crippen molar-refractivity contribution in [1.82, 2.24) is 10.2 Å². The highest BCUT2D eigenvalue weighted by molar-refractivity contribution is 7.98. The smallest absolute Gasteiger partial charge is 0.241 e. The summed E-state index contributed by atoms with van der Waals surface area (Å²) in [6, 6.07) is 0.427. The van der Waals surface area contributed by atoms with Gasteiger partial charge in [-0.25, -0.2) is 0 Å². The second-order valence-electron chi connectivity index (χ2n) is 3.82. The summed E-state index contributed by atoms with van der Waals surface area (Å²) in [4.78, 5) is 13.8. The Kier molecular flexibility index (Phi) is 4.75. The van der Waals surface area contributed by atoms with E-state index in [2.05, 4.69) is 25.4 Å². The van der Waals surface area contributed by atoms with Gasteiger partial charge in [0, 0.05) is 11.8 Å². The van der Waals surface area contributed by atoms with E-state index in [1.807, 2.05) is 4.90 Å². The van der Waals surface area contributed by atoms with Crippen LogP contribution >= 0.6 is 11.8 Å². The van der Waals surface area contributed by atoms with Crippen molar-refractivity contribution >= 4 is 17.7 Å². The maximum absolute atomic E-state index is 11.9. The topological polar surface area (TPSA) is 32.3 Å². The minimum Gasteiger partial charge on any atom is -0.325 e. The number of carbonyl (C=O) groups is 1. The first kappa shape index (κ1) is 11.9. The zero-order valence-corrected chi connectivity index (χ0v) is 10.1. The fourth-order valence-electron chi connectivity index (χ4n) is 1.79. The summed E-state index contributed by atoms with van der Waals surface area (Å²) < 4.78 is 0. The second kappa shape index (κ2) is 5.61. The first-order valence-electron chi connectivity index (χ1n) is 5.23. The van der Waals surface area contributed by atoms with Gasteiger partial charge in [-0.05, 0) is 19.6 Å². The molecule has 0 radical (unpaired) electrons. The highest BCUT2D eigenvalue weighted by atomic mass is 32.2. The minimum absolute atomic E-state index is 0.0734. The van der Waals surface area contributed by atoms with E-state index in [1.165, 1.54) is 0 Å². The Hall–Kier alpha value is -0.220. The number of carbonyl (C=O) groups excluding carboxylic acids is 1. The maximum atomic E-state index is 11.9.